The van der Waals surface area contributed by atoms with Crippen molar-refractivity contribution in [3.63, 3.8) is 0 Å². The van der Waals surface area contributed by atoms with Gasteiger partial charge in [0.2, 0.25) is 10.0 Å². The summed E-state index contributed by atoms with van der Waals surface area (Å²) in [5.74, 6) is -2.24. The van der Waals surface area contributed by atoms with Crippen LogP contribution in [0.5, 0.6) is 0 Å². The van der Waals surface area contributed by atoms with Crippen LogP contribution in [0.15, 0.2) is 34.9 Å². The first kappa shape index (κ1) is 15.4. The standard InChI is InChI=1S/C12H10F3NO4S/c13-12(14,15)5-6-21(18,19)16-11(17)9-7-20-10-4-2-1-3-8(9)10/h1-4,7H,5-6H2,(H,16,17). The maximum Gasteiger partial charge on any atom is 0.390 e. The second-order valence-electron chi connectivity index (χ2n) is 4.26. The van der Waals surface area contributed by atoms with Crippen LogP contribution in [-0.2, 0) is 10.0 Å². The summed E-state index contributed by atoms with van der Waals surface area (Å²) >= 11 is 0. The molecule has 1 aromatic carbocycles. The van der Waals surface area contributed by atoms with E-state index >= 15 is 0 Å². The highest BCUT2D eigenvalue weighted by molar-refractivity contribution is 7.90. The average Bonchev–Trinajstić information content (AvgIpc) is 2.79. The molecule has 0 aliphatic rings. The molecule has 0 radical (unpaired) electrons. The molecule has 0 saturated heterocycles. The Hall–Kier alpha value is -2.03. The molecule has 1 amide bonds. The average molecular weight is 321 g/mol. The first-order valence-corrected chi connectivity index (χ1v) is 7.41. The Morgan fingerprint density at radius 1 is 1.24 bits per heavy atom. The van der Waals surface area contributed by atoms with E-state index < -0.39 is 34.3 Å². The Balaban J connectivity index is 2.14. The normalized spacial score (nSPS) is 12.5. The van der Waals surface area contributed by atoms with Crippen LogP contribution in [0, 0.1) is 0 Å². The van der Waals surface area contributed by atoms with Crippen molar-refractivity contribution in [2.75, 3.05) is 5.75 Å². The highest BCUT2D eigenvalue weighted by Crippen LogP contribution is 2.22. The van der Waals surface area contributed by atoms with Gasteiger partial charge in [-0.1, -0.05) is 18.2 Å². The second-order valence-corrected chi connectivity index (χ2v) is 6.10. The van der Waals surface area contributed by atoms with Gasteiger partial charge < -0.3 is 4.42 Å². The topological polar surface area (TPSA) is 76.4 Å². The molecule has 0 saturated carbocycles. The summed E-state index contributed by atoms with van der Waals surface area (Å²) in [6.07, 6.45) is -5.08. The lowest BCUT2D eigenvalue weighted by Gasteiger charge is -2.08. The summed E-state index contributed by atoms with van der Waals surface area (Å²) in [5.41, 5.74) is 0.316. The molecule has 21 heavy (non-hydrogen) atoms. The van der Waals surface area contributed by atoms with E-state index in [-0.39, 0.29) is 5.56 Å². The van der Waals surface area contributed by atoms with Crippen molar-refractivity contribution in [3.8, 4) is 0 Å². The number of carbonyl (C=O) groups is 1. The monoisotopic (exact) mass is 321 g/mol. The lowest BCUT2D eigenvalue weighted by molar-refractivity contribution is -0.130. The van der Waals surface area contributed by atoms with Crippen molar-refractivity contribution < 1.29 is 30.8 Å². The molecule has 0 unspecified atom stereocenters. The third-order valence-corrected chi connectivity index (χ3v) is 3.87. The summed E-state index contributed by atoms with van der Waals surface area (Å²) in [6, 6.07) is 6.39. The lowest BCUT2D eigenvalue weighted by Crippen LogP contribution is -2.33. The van der Waals surface area contributed by atoms with Crippen molar-refractivity contribution in [1.82, 2.24) is 4.72 Å². The Morgan fingerprint density at radius 2 is 1.90 bits per heavy atom. The van der Waals surface area contributed by atoms with E-state index in [0.29, 0.717) is 11.0 Å². The van der Waals surface area contributed by atoms with E-state index in [1.807, 2.05) is 0 Å². The SMILES string of the molecule is O=C(NS(=O)(=O)CCC(F)(F)F)c1coc2ccccc12. The van der Waals surface area contributed by atoms with Crippen LogP contribution in [0.25, 0.3) is 11.0 Å². The number of amides is 1. The summed E-state index contributed by atoms with van der Waals surface area (Å²) in [5, 5.41) is 0.376. The molecule has 0 bridgehead atoms. The molecule has 1 N–H and O–H groups in total. The van der Waals surface area contributed by atoms with Gasteiger partial charge in [-0.25, -0.2) is 13.1 Å². The molecule has 0 aliphatic carbocycles. The molecular weight excluding hydrogens is 311 g/mol. The van der Waals surface area contributed by atoms with Crippen molar-refractivity contribution in [3.05, 3.63) is 36.1 Å². The number of fused-ring (bicyclic) bond motifs is 1. The number of halogens is 3. The molecule has 5 nitrogen and oxygen atoms in total. The van der Waals surface area contributed by atoms with Gasteiger partial charge in [0.05, 0.1) is 17.7 Å². The first-order valence-electron chi connectivity index (χ1n) is 5.76. The predicted octanol–water partition coefficient (Wildman–Crippen LogP) is 2.44. The van der Waals surface area contributed by atoms with Crippen molar-refractivity contribution >= 4 is 26.9 Å². The fraction of sp³-hybridized carbons (Fsp3) is 0.250. The minimum absolute atomic E-state index is 0.0545. The third-order valence-electron chi connectivity index (χ3n) is 2.63. The number of hydrogen-bond acceptors (Lipinski definition) is 4. The van der Waals surface area contributed by atoms with Gasteiger partial charge in [-0.15, -0.1) is 0 Å². The Labute approximate surface area is 117 Å². The number of para-hydroxylation sites is 1. The fourth-order valence-electron chi connectivity index (χ4n) is 1.65. The third kappa shape index (κ3) is 3.97. The summed E-state index contributed by atoms with van der Waals surface area (Å²) < 4.78 is 65.6. The van der Waals surface area contributed by atoms with E-state index in [0.717, 1.165) is 6.26 Å². The Morgan fingerprint density at radius 3 is 2.57 bits per heavy atom. The molecule has 0 spiro atoms. The zero-order chi connectivity index (χ0) is 15.7. The van der Waals surface area contributed by atoms with E-state index in [4.69, 9.17) is 4.42 Å². The van der Waals surface area contributed by atoms with Gasteiger partial charge >= 0.3 is 6.18 Å². The molecule has 0 aliphatic heterocycles. The van der Waals surface area contributed by atoms with E-state index in [2.05, 4.69) is 0 Å². The van der Waals surface area contributed by atoms with Gasteiger partial charge in [0.1, 0.15) is 11.8 Å². The second kappa shape index (κ2) is 5.40. The van der Waals surface area contributed by atoms with Gasteiger partial charge in [0.25, 0.3) is 5.91 Å². The maximum atomic E-state index is 12.0. The Kier molecular flexibility index (Phi) is 3.95. The first-order chi connectivity index (χ1) is 9.68. The fourth-order valence-corrected chi connectivity index (χ4v) is 2.65. The van der Waals surface area contributed by atoms with Crippen LogP contribution in [0.2, 0.25) is 0 Å². The van der Waals surface area contributed by atoms with Crippen LogP contribution < -0.4 is 4.72 Å². The van der Waals surface area contributed by atoms with Gasteiger partial charge in [-0.05, 0) is 6.07 Å². The van der Waals surface area contributed by atoms with Gasteiger partial charge in [0, 0.05) is 5.39 Å². The minimum Gasteiger partial charge on any atom is -0.463 e. The summed E-state index contributed by atoms with van der Waals surface area (Å²) in [4.78, 5) is 11.8. The maximum absolute atomic E-state index is 12.0. The highest BCUT2D eigenvalue weighted by Gasteiger charge is 2.30. The largest absolute Gasteiger partial charge is 0.463 e. The molecule has 114 valence electrons. The molecule has 2 rings (SSSR count). The molecule has 0 fully saturated rings. The number of sulfonamides is 1. The van der Waals surface area contributed by atoms with Crippen LogP contribution in [0.3, 0.4) is 0 Å². The van der Waals surface area contributed by atoms with Crippen LogP contribution >= 0.6 is 0 Å². The summed E-state index contributed by atoms with van der Waals surface area (Å²) in [7, 11) is -4.37. The van der Waals surface area contributed by atoms with Crippen LogP contribution in [-0.4, -0.2) is 26.3 Å². The molecule has 1 heterocycles. The molecule has 2 aromatic rings. The number of carbonyl (C=O) groups excluding carboxylic acids is 1. The summed E-state index contributed by atoms with van der Waals surface area (Å²) in [6.45, 7) is 0. The Bertz CT molecular complexity index is 764. The predicted molar refractivity (Wildman–Crippen MR) is 68.1 cm³/mol. The van der Waals surface area contributed by atoms with E-state index in [1.165, 1.54) is 6.07 Å². The number of nitrogens with one attached hydrogen (secondary N) is 1. The number of hydrogen-bond donors (Lipinski definition) is 1. The zero-order valence-electron chi connectivity index (χ0n) is 10.5. The minimum atomic E-state index is -4.61. The number of furan rings is 1. The molecule has 0 atom stereocenters. The molecule has 9 heteroatoms. The van der Waals surface area contributed by atoms with Crippen molar-refractivity contribution in [1.29, 1.82) is 0 Å². The zero-order valence-corrected chi connectivity index (χ0v) is 11.3. The lowest BCUT2D eigenvalue weighted by atomic mass is 10.2. The quantitative estimate of drug-likeness (QED) is 0.938. The van der Waals surface area contributed by atoms with Gasteiger partial charge in [-0.3, -0.25) is 4.79 Å². The van der Waals surface area contributed by atoms with Crippen molar-refractivity contribution in [2.45, 2.75) is 12.6 Å². The molecule has 1 aromatic heterocycles. The van der Waals surface area contributed by atoms with Crippen LogP contribution in [0.4, 0.5) is 13.2 Å². The van der Waals surface area contributed by atoms with Gasteiger partial charge in [-0.2, -0.15) is 13.2 Å². The number of rotatable bonds is 4. The smallest absolute Gasteiger partial charge is 0.390 e. The van der Waals surface area contributed by atoms with Gasteiger partial charge in [0.15, 0.2) is 0 Å². The molecular formula is C12H10F3NO4S. The van der Waals surface area contributed by atoms with Crippen molar-refractivity contribution in [2.24, 2.45) is 0 Å². The van der Waals surface area contributed by atoms with E-state index in [9.17, 15) is 26.4 Å². The highest BCUT2D eigenvalue weighted by atomic mass is 32.2. The number of benzene rings is 1. The number of alkyl halides is 3. The van der Waals surface area contributed by atoms with E-state index in [1.54, 1.807) is 22.9 Å². The van der Waals surface area contributed by atoms with Crippen LogP contribution in [0.1, 0.15) is 16.8 Å².